The topological polar surface area (TPSA) is 63.8 Å². The molecule has 0 aromatic heterocycles. The van der Waals surface area contributed by atoms with E-state index in [1.807, 2.05) is 0 Å². The normalized spacial score (nSPS) is 47.1. The van der Waals surface area contributed by atoms with Crippen molar-refractivity contribution in [3.05, 3.63) is 5.32 Å². The van der Waals surface area contributed by atoms with Gasteiger partial charge in [-0.2, -0.15) is 0 Å². The van der Waals surface area contributed by atoms with E-state index in [4.69, 9.17) is 0 Å². The van der Waals surface area contributed by atoms with Crippen molar-refractivity contribution in [3.8, 4) is 0 Å². The summed E-state index contributed by atoms with van der Waals surface area (Å²) in [5.74, 6) is 2.15. The van der Waals surface area contributed by atoms with Crippen molar-refractivity contribution in [3.63, 3.8) is 0 Å². The molecule has 0 spiro atoms. The summed E-state index contributed by atoms with van der Waals surface area (Å²) in [6, 6.07) is 0. The van der Waals surface area contributed by atoms with Crippen molar-refractivity contribution in [2.45, 2.75) is 38.7 Å². The molecule has 1 heterocycles. The summed E-state index contributed by atoms with van der Waals surface area (Å²) in [4.78, 5) is 16.3. The number of aliphatic hydroxyl groups excluding tert-OH is 1. The van der Waals surface area contributed by atoms with Gasteiger partial charge in [0.1, 0.15) is 0 Å². The van der Waals surface area contributed by atoms with E-state index >= 15 is 0 Å². The van der Waals surface area contributed by atoms with Crippen LogP contribution in [-0.4, -0.2) is 30.0 Å². The molecule has 0 radical (unpaired) electrons. The maximum absolute atomic E-state index is 12.1. The zero-order valence-electron chi connectivity index (χ0n) is 11.5. The number of carbonyl (C=O) groups excluding carboxylic acids is 1. The quantitative estimate of drug-likeness (QED) is 0.635. The third-order valence-corrected chi connectivity index (χ3v) is 5.36. The Morgan fingerprint density at radius 1 is 1.32 bits per heavy atom. The van der Waals surface area contributed by atoms with E-state index in [1.165, 1.54) is 6.42 Å². The van der Waals surface area contributed by atoms with Crippen molar-refractivity contribution >= 4 is 11.7 Å². The van der Waals surface area contributed by atoms with Gasteiger partial charge >= 0.3 is 0 Å². The van der Waals surface area contributed by atoms with E-state index in [9.17, 15) is 9.90 Å². The number of amidine groups is 1. The average molecular weight is 433 g/mol. The molecule has 3 fully saturated rings. The third-order valence-electron chi connectivity index (χ3n) is 5.36. The van der Waals surface area contributed by atoms with Gasteiger partial charge in [-0.05, 0) is 42.9 Å². The molecule has 1 N–H and O–H groups in total. The SMILES string of the molecule is CN=C1[N-]C(=O)C2CC(O)C(C)C3CCCC1C23.[W]. The maximum atomic E-state index is 12.1. The summed E-state index contributed by atoms with van der Waals surface area (Å²) in [5, 5.41) is 14.3. The van der Waals surface area contributed by atoms with Crippen molar-refractivity contribution in [2.24, 2.45) is 34.6 Å². The Bertz CT molecular complexity index is 399. The van der Waals surface area contributed by atoms with E-state index < -0.39 is 0 Å². The number of aliphatic hydroxyl groups is 1. The first-order chi connectivity index (χ1) is 8.63. The molecule has 3 rings (SSSR count). The molecule has 0 aromatic carbocycles. The summed E-state index contributed by atoms with van der Waals surface area (Å²) in [7, 11) is 1.73. The van der Waals surface area contributed by atoms with Crippen molar-refractivity contribution in [2.75, 3.05) is 7.05 Å². The number of rotatable bonds is 0. The Balaban J connectivity index is 0.00000133. The van der Waals surface area contributed by atoms with Crippen LogP contribution < -0.4 is 0 Å². The van der Waals surface area contributed by atoms with Crippen LogP contribution >= 0.6 is 0 Å². The molecule has 5 heteroatoms. The largest absolute Gasteiger partial charge is 0.472 e. The van der Waals surface area contributed by atoms with Crippen LogP contribution in [0, 0.1) is 29.6 Å². The van der Waals surface area contributed by atoms with Crippen LogP contribution in [0.25, 0.3) is 5.32 Å². The summed E-state index contributed by atoms with van der Waals surface area (Å²) in [6.45, 7) is 2.13. The Hall–Kier alpha value is -0.212. The molecule has 4 nitrogen and oxygen atoms in total. The molecule has 1 aliphatic heterocycles. The summed E-state index contributed by atoms with van der Waals surface area (Å²) in [5.41, 5.74) is 0. The zero-order valence-corrected chi connectivity index (χ0v) is 14.4. The van der Waals surface area contributed by atoms with Gasteiger partial charge in [0.2, 0.25) is 0 Å². The van der Waals surface area contributed by atoms with Crippen LogP contribution in [0.3, 0.4) is 0 Å². The molecular formula is C14H21N2O2W-. The van der Waals surface area contributed by atoms with Gasteiger partial charge in [0.25, 0.3) is 0 Å². The molecule has 2 saturated carbocycles. The second kappa shape index (κ2) is 5.65. The first-order valence-electron chi connectivity index (χ1n) is 7.03. The third kappa shape index (κ3) is 2.31. The van der Waals surface area contributed by atoms with Crippen LogP contribution in [0.1, 0.15) is 32.6 Å². The second-order valence-corrected chi connectivity index (χ2v) is 6.08. The summed E-state index contributed by atoms with van der Waals surface area (Å²) in [6.07, 6.45) is 3.66. The van der Waals surface area contributed by atoms with E-state index in [1.54, 1.807) is 7.05 Å². The number of piperidine rings is 1. The van der Waals surface area contributed by atoms with E-state index in [0.717, 1.165) is 18.7 Å². The molecule has 0 bridgehead atoms. The molecule has 19 heavy (non-hydrogen) atoms. The van der Waals surface area contributed by atoms with Crippen LogP contribution in [-0.2, 0) is 25.9 Å². The number of aliphatic imine (C=N–C) groups is 1. The monoisotopic (exact) mass is 433 g/mol. The van der Waals surface area contributed by atoms with Gasteiger partial charge in [-0.3, -0.25) is 4.79 Å². The maximum Gasteiger partial charge on any atom is 0.150 e. The fraction of sp³-hybridized carbons (Fsp3) is 0.857. The summed E-state index contributed by atoms with van der Waals surface area (Å²) < 4.78 is 0. The van der Waals surface area contributed by atoms with Crippen molar-refractivity contribution < 1.29 is 31.0 Å². The number of hydrogen-bond acceptors (Lipinski definition) is 3. The van der Waals surface area contributed by atoms with Gasteiger partial charge in [-0.25, -0.2) is 0 Å². The Labute approximate surface area is 128 Å². The predicted octanol–water partition coefficient (Wildman–Crippen LogP) is 1.98. The fourth-order valence-electron chi connectivity index (χ4n) is 4.43. The number of hydrogen-bond donors (Lipinski definition) is 1. The minimum absolute atomic E-state index is 0. The zero-order chi connectivity index (χ0) is 12.9. The Kier molecular flexibility index (Phi) is 4.51. The predicted molar refractivity (Wildman–Crippen MR) is 69.3 cm³/mol. The van der Waals surface area contributed by atoms with Gasteiger partial charge in [0.05, 0.1) is 6.10 Å². The first kappa shape index (κ1) is 15.2. The van der Waals surface area contributed by atoms with Crippen LogP contribution in [0.15, 0.2) is 4.99 Å². The molecule has 2 aliphatic carbocycles. The molecule has 106 valence electrons. The number of carbonyl (C=O) groups is 1. The van der Waals surface area contributed by atoms with E-state index in [2.05, 4.69) is 17.2 Å². The Morgan fingerprint density at radius 2 is 2.05 bits per heavy atom. The van der Waals surface area contributed by atoms with Crippen LogP contribution in [0.4, 0.5) is 0 Å². The molecule has 6 unspecified atom stereocenters. The van der Waals surface area contributed by atoms with Gasteiger partial charge < -0.3 is 15.4 Å². The van der Waals surface area contributed by atoms with Crippen molar-refractivity contribution in [1.82, 2.24) is 0 Å². The smallest absolute Gasteiger partial charge is 0.150 e. The standard InChI is InChI=1S/C14H22N2O2.W/c1-7-8-4-3-5-9-12(8)10(6-11(7)17)14(18)16-13(9)15-2;/h7-12,17H,3-6H2,1-2H3,(H,15,16,18);/p-1. The minimum atomic E-state index is -0.339. The van der Waals surface area contributed by atoms with Gasteiger partial charge in [0.15, 0.2) is 5.91 Å². The molecule has 6 atom stereocenters. The average Bonchev–Trinajstić information content (AvgIpc) is 2.38. The van der Waals surface area contributed by atoms with E-state index in [-0.39, 0.29) is 39.0 Å². The first-order valence-corrected chi connectivity index (χ1v) is 7.03. The van der Waals surface area contributed by atoms with Crippen LogP contribution in [0.5, 0.6) is 0 Å². The molecule has 1 amide bonds. The molecular weight excluding hydrogens is 412 g/mol. The van der Waals surface area contributed by atoms with Gasteiger partial charge in [-0.1, -0.05) is 26.2 Å². The molecule has 3 aliphatic rings. The van der Waals surface area contributed by atoms with E-state index in [0.29, 0.717) is 30.1 Å². The Morgan fingerprint density at radius 3 is 2.74 bits per heavy atom. The number of amides is 1. The van der Waals surface area contributed by atoms with Crippen molar-refractivity contribution in [1.29, 1.82) is 0 Å². The van der Waals surface area contributed by atoms with Gasteiger partial charge in [0, 0.05) is 27.0 Å². The minimum Gasteiger partial charge on any atom is -0.472 e. The van der Waals surface area contributed by atoms with Gasteiger partial charge in [-0.15, -0.1) is 0 Å². The van der Waals surface area contributed by atoms with Crippen LogP contribution in [0.2, 0.25) is 0 Å². The second-order valence-electron chi connectivity index (χ2n) is 6.08. The summed E-state index contributed by atoms with van der Waals surface area (Å²) >= 11 is 0. The molecule has 0 aromatic rings. The molecule has 1 saturated heterocycles. The number of nitrogens with zero attached hydrogens (tertiary/aromatic N) is 2. The fourth-order valence-corrected chi connectivity index (χ4v) is 4.43.